The third-order valence-corrected chi connectivity index (χ3v) is 3.53. The molecule has 0 saturated carbocycles. The third-order valence-electron chi connectivity index (χ3n) is 3.53. The first kappa shape index (κ1) is 15.9. The second kappa shape index (κ2) is 6.35. The Morgan fingerprint density at radius 3 is 2.47 bits per heavy atom. The molecule has 19 heavy (non-hydrogen) atoms. The van der Waals surface area contributed by atoms with Crippen LogP contribution in [0.5, 0.6) is 5.75 Å². The van der Waals surface area contributed by atoms with E-state index in [1.54, 1.807) is 19.2 Å². The van der Waals surface area contributed by atoms with Crippen LogP contribution in [0, 0.1) is 11.2 Å². The van der Waals surface area contributed by atoms with Gasteiger partial charge in [0.1, 0.15) is 11.6 Å². The van der Waals surface area contributed by atoms with E-state index >= 15 is 0 Å². The molecule has 1 rings (SSSR count). The van der Waals surface area contributed by atoms with E-state index in [4.69, 9.17) is 10.5 Å². The molecule has 108 valence electrons. The van der Waals surface area contributed by atoms with Crippen molar-refractivity contribution in [1.82, 2.24) is 4.90 Å². The zero-order valence-corrected chi connectivity index (χ0v) is 12.5. The lowest BCUT2D eigenvalue weighted by molar-refractivity contribution is 0.125. The van der Waals surface area contributed by atoms with E-state index in [2.05, 4.69) is 18.7 Å². The fraction of sp³-hybridized carbons (Fsp3) is 0.600. The van der Waals surface area contributed by atoms with Crippen molar-refractivity contribution in [3.8, 4) is 5.75 Å². The maximum absolute atomic E-state index is 13.6. The minimum atomic E-state index is -0.244. The first-order chi connectivity index (χ1) is 8.83. The Hall–Kier alpha value is -1.13. The fourth-order valence-electron chi connectivity index (χ4n) is 2.83. The predicted molar refractivity (Wildman–Crippen MR) is 76.8 cm³/mol. The molecule has 0 amide bonds. The zero-order valence-electron chi connectivity index (χ0n) is 12.5. The lowest BCUT2D eigenvalue weighted by Crippen LogP contribution is -2.35. The highest BCUT2D eigenvalue weighted by atomic mass is 19.1. The van der Waals surface area contributed by atoms with Gasteiger partial charge in [-0.05, 0) is 50.7 Å². The Morgan fingerprint density at radius 1 is 1.37 bits per heavy atom. The van der Waals surface area contributed by atoms with Gasteiger partial charge in [-0.1, -0.05) is 13.8 Å². The summed E-state index contributed by atoms with van der Waals surface area (Å²) in [6.45, 7) is 4.90. The van der Waals surface area contributed by atoms with Crippen molar-refractivity contribution >= 4 is 0 Å². The molecule has 1 aromatic carbocycles. The Bertz CT molecular complexity index is 419. The molecule has 0 aromatic heterocycles. The third kappa shape index (κ3) is 3.67. The van der Waals surface area contributed by atoms with E-state index in [1.165, 1.54) is 6.07 Å². The maximum Gasteiger partial charge on any atom is 0.123 e. The van der Waals surface area contributed by atoms with Gasteiger partial charge in [-0.25, -0.2) is 4.39 Å². The Labute approximate surface area is 115 Å². The standard InChI is InChI=1S/C15H25FN2O/c1-15(2,8-9-17)14(18(3)4)12-10-11(16)6-7-13(12)19-5/h6-7,10,14H,8-9,17H2,1-5H3. The quantitative estimate of drug-likeness (QED) is 0.862. The second-order valence-corrected chi connectivity index (χ2v) is 5.78. The maximum atomic E-state index is 13.6. The van der Waals surface area contributed by atoms with Crippen LogP contribution in [-0.2, 0) is 0 Å². The van der Waals surface area contributed by atoms with Crippen molar-refractivity contribution in [2.24, 2.45) is 11.1 Å². The van der Waals surface area contributed by atoms with Gasteiger partial charge in [0.25, 0.3) is 0 Å². The van der Waals surface area contributed by atoms with Crippen LogP contribution in [0.1, 0.15) is 31.9 Å². The SMILES string of the molecule is COc1ccc(F)cc1C(N(C)C)C(C)(C)CCN. The minimum absolute atomic E-state index is 0.0432. The number of hydrogen-bond acceptors (Lipinski definition) is 3. The van der Waals surface area contributed by atoms with Crippen molar-refractivity contribution in [3.05, 3.63) is 29.6 Å². The average Bonchev–Trinajstić information content (AvgIpc) is 2.28. The van der Waals surface area contributed by atoms with Crippen molar-refractivity contribution in [1.29, 1.82) is 0 Å². The molecule has 0 fully saturated rings. The summed E-state index contributed by atoms with van der Waals surface area (Å²) in [6.07, 6.45) is 0.857. The van der Waals surface area contributed by atoms with Gasteiger partial charge < -0.3 is 15.4 Å². The Morgan fingerprint density at radius 2 is 2.00 bits per heavy atom. The number of nitrogens with zero attached hydrogens (tertiary/aromatic N) is 1. The van der Waals surface area contributed by atoms with Gasteiger partial charge in [0.2, 0.25) is 0 Å². The fourth-order valence-corrected chi connectivity index (χ4v) is 2.83. The largest absolute Gasteiger partial charge is 0.496 e. The summed E-state index contributed by atoms with van der Waals surface area (Å²) < 4.78 is 19.0. The van der Waals surface area contributed by atoms with Gasteiger partial charge in [0.05, 0.1) is 7.11 Å². The van der Waals surface area contributed by atoms with E-state index in [0.29, 0.717) is 12.3 Å². The number of benzene rings is 1. The van der Waals surface area contributed by atoms with Crippen LogP contribution >= 0.6 is 0 Å². The van der Waals surface area contributed by atoms with Crippen LogP contribution in [0.3, 0.4) is 0 Å². The van der Waals surface area contributed by atoms with Crippen molar-refractivity contribution in [2.75, 3.05) is 27.7 Å². The lowest BCUT2D eigenvalue weighted by atomic mass is 9.77. The highest BCUT2D eigenvalue weighted by Crippen LogP contribution is 2.43. The van der Waals surface area contributed by atoms with Crippen molar-refractivity contribution in [2.45, 2.75) is 26.3 Å². The molecule has 0 saturated heterocycles. The zero-order chi connectivity index (χ0) is 14.6. The lowest BCUT2D eigenvalue weighted by Gasteiger charge is -2.39. The number of methoxy groups -OCH3 is 1. The molecule has 1 unspecified atom stereocenters. The summed E-state index contributed by atoms with van der Waals surface area (Å²) >= 11 is 0. The first-order valence-electron chi connectivity index (χ1n) is 6.53. The molecule has 0 spiro atoms. The first-order valence-corrected chi connectivity index (χ1v) is 6.53. The summed E-state index contributed by atoms with van der Waals surface area (Å²) in [4.78, 5) is 2.09. The summed E-state index contributed by atoms with van der Waals surface area (Å²) in [7, 11) is 5.60. The van der Waals surface area contributed by atoms with Gasteiger partial charge >= 0.3 is 0 Å². The van der Waals surface area contributed by atoms with Crippen LogP contribution in [0.25, 0.3) is 0 Å². The molecular formula is C15H25FN2O. The van der Waals surface area contributed by atoms with Gasteiger partial charge in [-0.2, -0.15) is 0 Å². The molecule has 2 N–H and O–H groups in total. The molecular weight excluding hydrogens is 243 g/mol. The van der Waals surface area contributed by atoms with Crippen LogP contribution in [0.15, 0.2) is 18.2 Å². The second-order valence-electron chi connectivity index (χ2n) is 5.78. The summed E-state index contributed by atoms with van der Waals surface area (Å²) in [5, 5.41) is 0. The van der Waals surface area contributed by atoms with E-state index in [-0.39, 0.29) is 17.3 Å². The molecule has 0 heterocycles. The van der Waals surface area contributed by atoms with Crippen LogP contribution in [0.4, 0.5) is 4.39 Å². The van der Waals surface area contributed by atoms with Crippen molar-refractivity contribution in [3.63, 3.8) is 0 Å². The highest BCUT2D eigenvalue weighted by molar-refractivity contribution is 5.37. The molecule has 0 aliphatic carbocycles. The monoisotopic (exact) mass is 268 g/mol. The van der Waals surface area contributed by atoms with E-state index in [9.17, 15) is 4.39 Å². The van der Waals surface area contributed by atoms with Gasteiger partial charge in [0, 0.05) is 11.6 Å². The Kier molecular flexibility index (Phi) is 5.32. The topological polar surface area (TPSA) is 38.5 Å². The summed E-state index contributed by atoms with van der Waals surface area (Å²) in [6, 6.07) is 4.70. The Balaban J connectivity index is 3.30. The molecule has 4 heteroatoms. The van der Waals surface area contributed by atoms with Crippen LogP contribution < -0.4 is 10.5 Å². The molecule has 1 aromatic rings. The number of ether oxygens (including phenoxy) is 1. The minimum Gasteiger partial charge on any atom is -0.496 e. The molecule has 0 aliphatic rings. The van der Waals surface area contributed by atoms with Crippen molar-refractivity contribution < 1.29 is 9.13 Å². The number of nitrogens with two attached hydrogens (primary N) is 1. The highest BCUT2D eigenvalue weighted by Gasteiger charge is 2.34. The van der Waals surface area contributed by atoms with Gasteiger partial charge in [-0.3, -0.25) is 0 Å². The van der Waals surface area contributed by atoms with E-state index in [1.807, 2.05) is 14.1 Å². The van der Waals surface area contributed by atoms with Gasteiger partial charge in [-0.15, -0.1) is 0 Å². The van der Waals surface area contributed by atoms with E-state index in [0.717, 1.165) is 12.0 Å². The average molecular weight is 268 g/mol. The number of rotatable bonds is 6. The molecule has 0 aliphatic heterocycles. The summed E-state index contributed by atoms with van der Waals surface area (Å²) in [5.74, 6) is 0.469. The van der Waals surface area contributed by atoms with E-state index < -0.39 is 0 Å². The smallest absolute Gasteiger partial charge is 0.123 e. The van der Waals surface area contributed by atoms with Crippen LogP contribution in [0.2, 0.25) is 0 Å². The molecule has 1 atom stereocenters. The predicted octanol–water partition coefficient (Wildman–Crippen LogP) is 2.81. The molecule has 0 radical (unpaired) electrons. The van der Waals surface area contributed by atoms with Crippen LogP contribution in [-0.4, -0.2) is 32.6 Å². The van der Waals surface area contributed by atoms with Gasteiger partial charge in [0.15, 0.2) is 0 Å². The molecule has 3 nitrogen and oxygen atoms in total. The molecule has 0 bridgehead atoms. The number of hydrogen-bond donors (Lipinski definition) is 1. The number of halogens is 1. The summed E-state index contributed by atoms with van der Waals surface area (Å²) in [5.41, 5.74) is 6.50. The normalized spacial score (nSPS) is 13.7.